The number of hydrogen-bond donors (Lipinski definition) is 1. The van der Waals surface area contributed by atoms with Crippen molar-refractivity contribution in [3.05, 3.63) is 35.9 Å². The molecule has 1 aliphatic heterocycles. The van der Waals surface area contributed by atoms with Crippen LogP contribution < -0.4 is 15.0 Å². The molecule has 12 heteroatoms. The maximum atomic E-state index is 14.4. The molecule has 194 valence electrons. The molecular formula is C24H28F4N6O2. The van der Waals surface area contributed by atoms with Gasteiger partial charge in [-0.15, -0.1) is 0 Å². The predicted octanol–water partition coefficient (Wildman–Crippen LogP) is 4.82. The third kappa shape index (κ3) is 4.91. The van der Waals surface area contributed by atoms with Crippen molar-refractivity contribution in [1.82, 2.24) is 19.7 Å². The Morgan fingerprint density at radius 3 is 2.58 bits per heavy atom. The summed E-state index contributed by atoms with van der Waals surface area (Å²) in [6.45, 7) is 5.52. The second-order valence-electron chi connectivity index (χ2n) is 9.01. The van der Waals surface area contributed by atoms with Crippen LogP contribution in [0.25, 0.3) is 10.9 Å². The van der Waals surface area contributed by atoms with E-state index in [1.54, 1.807) is 0 Å². The molecule has 8 nitrogen and oxygen atoms in total. The van der Waals surface area contributed by atoms with Crippen molar-refractivity contribution >= 4 is 22.5 Å². The summed E-state index contributed by atoms with van der Waals surface area (Å²) < 4.78 is 66.6. The van der Waals surface area contributed by atoms with Gasteiger partial charge in [-0.25, -0.2) is 14.4 Å². The number of hydrogen-bond acceptors (Lipinski definition) is 7. The van der Waals surface area contributed by atoms with E-state index in [1.807, 2.05) is 23.9 Å². The first-order valence-electron chi connectivity index (χ1n) is 12.2. The number of rotatable bonds is 6. The molecule has 1 N–H and O–H groups in total. The minimum absolute atomic E-state index is 0.0679. The van der Waals surface area contributed by atoms with Crippen LogP contribution in [0.5, 0.6) is 5.88 Å². The summed E-state index contributed by atoms with van der Waals surface area (Å²) >= 11 is 0. The number of nitrogens with one attached hydrogen (secondary N) is 1. The third-order valence-electron chi connectivity index (χ3n) is 6.67. The number of nitrogens with zero attached hydrogens (tertiary/aromatic N) is 5. The lowest BCUT2D eigenvalue weighted by atomic mass is 9.93. The highest BCUT2D eigenvalue weighted by Crippen LogP contribution is 2.38. The fraction of sp³-hybridized carbons (Fsp3) is 0.542. The first-order chi connectivity index (χ1) is 17.3. The topological polar surface area (TPSA) is 77.3 Å². The van der Waals surface area contributed by atoms with E-state index in [0.717, 1.165) is 48.4 Å². The molecule has 0 spiro atoms. The van der Waals surface area contributed by atoms with Gasteiger partial charge in [0, 0.05) is 38.1 Å². The standard InChI is InChI=1S/C24H28F4N6O2/c1-2-29-20-13-19-17(14-31-20)22(33-9-11-35-12-10-33)32-34(19)15-3-5-16(6-4-15)36-23-21(25)18(7-8-30-23)24(26,27)28/h7-8,13-16H,2-6,9-12H2,1H3,(H,29,31)/t15-,16+. The first kappa shape index (κ1) is 24.5. The van der Waals surface area contributed by atoms with Gasteiger partial charge in [0.2, 0.25) is 0 Å². The number of anilines is 2. The zero-order valence-corrected chi connectivity index (χ0v) is 19.9. The second-order valence-corrected chi connectivity index (χ2v) is 9.01. The number of morpholine rings is 1. The summed E-state index contributed by atoms with van der Waals surface area (Å²) in [6, 6.07) is 2.68. The second kappa shape index (κ2) is 10.1. The van der Waals surface area contributed by atoms with E-state index in [1.165, 1.54) is 0 Å². The highest BCUT2D eigenvalue weighted by Gasteiger charge is 2.36. The fourth-order valence-corrected chi connectivity index (χ4v) is 4.87. The van der Waals surface area contributed by atoms with Gasteiger partial charge in [-0.1, -0.05) is 0 Å². The molecule has 0 radical (unpaired) electrons. The van der Waals surface area contributed by atoms with Crippen LogP contribution in [0.4, 0.5) is 29.2 Å². The summed E-state index contributed by atoms with van der Waals surface area (Å²) in [5.74, 6) is -0.433. The Morgan fingerprint density at radius 1 is 1.14 bits per heavy atom. The van der Waals surface area contributed by atoms with Crippen molar-refractivity contribution in [3.63, 3.8) is 0 Å². The molecule has 3 aromatic rings. The quantitative estimate of drug-likeness (QED) is 0.479. The van der Waals surface area contributed by atoms with E-state index in [4.69, 9.17) is 14.6 Å². The van der Waals surface area contributed by atoms with Crippen LogP contribution in [0.1, 0.15) is 44.2 Å². The lowest BCUT2D eigenvalue weighted by molar-refractivity contribution is -0.140. The Hall–Kier alpha value is -3.15. The van der Waals surface area contributed by atoms with Gasteiger partial charge in [0.25, 0.3) is 5.88 Å². The predicted molar refractivity (Wildman–Crippen MR) is 126 cm³/mol. The van der Waals surface area contributed by atoms with Crippen molar-refractivity contribution in [2.45, 2.75) is 50.9 Å². The maximum Gasteiger partial charge on any atom is 0.419 e. The van der Waals surface area contributed by atoms with E-state index in [2.05, 4.69) is 20.2 Å². The fourth-order valence-electron chi connectivity index (χ4n) is 4.87. The molecule has 1 aliphatic carbocycles. The molecule has 1 saturated heterocycles. The van der Waals surface area contributed by atoms with Gasteiger partial charge >= 0.3 is 6.18 Å². The van der Waals surface area contributed by atoms with Crippen LogP contribution in [-0.2, 0) is 10.9 Å². The SMILES string of the molecule is CCNc1cc2c(cn1)c(N1CCOCC1)nn2[C@H]1CC[C@@H](Oc2nccc(C(F)(F)F)c2F)CC1. The van der Waals surface area contributed by atoms with Gasteiger partial charge in [-0.2, -0.15) is 18.3 Å². The van der Waals surface area contributed by atoms with Crippen LogP contribution in [0.2, 0.25) is 0 Å². The maximum absolute atomic E-state index is 14.4. The number of fused-ring (bicyclic) bond motifs is 1. The zero-order valence-electron chi connectivity index (χ0n) is 19.9. The summed E-state index contributed by atoms with van der Waals surface area (Å²) in [6.07, 6.45) is -0.00559. The van der Waals surface area contributed by atoms with Gasteiger partial charge in [-0.3, -0.25) is 4.68 Å². The molecule has 0 atom stereocenters. The van der Waals surface area contributed by atoms with Crippen LogP contribution >= 0.6 is 0 Å². The van der Waals surface area contributed by atoms with Crippen LogP contribution in [0.15, 0.2) is 24.5 Å². The van der Waals surface area contributed by atoms with Crippen molar-refractivity contribution in [1.29, 1.82) is 0 Å². The Kier molecular flexibility index (Phi) is 6.87. The average molecular weight is 509 g/mol. The molecule has 3 aromatic heterocycles. The number of alkyl halides is 3. The lowest BCUT2D eigenvalue weighted by Crippen LogP contribution is -2.36. The largest absolute Gasteiger partial charge is 0.472 e. The summed E-state index contributed by atoms with van der Waals surface area (Å²) in [7, 11) is 0. The van der Waals surface area contributed by atoms with E-state index >= 15 is 0 Å². The molecule has 1 saturated carbocycles. The minimum Gasteiger partial charge on any atom is -0.472 e. The Labute approximate surface area is 205 Å². The number of pyridine rings is 2. The summed E-state index contributed by atoms with van der Waals surface area (Å²) in [5.41, 5.74) is -0.401. The smallest absolute Gasteiger partial charge is 0.419 e. The van der Waals surface area contributed by atoms with Crippen LogP contribution in [-0.4, -0.2) is 58.7 Å². The van der Waals surface area contributed by atoms with Gasteiger partial charge in [0.15, 0.2) is 11.6 Å². The molecule has 0 bridgehead atoms. The normalized spacial score (nSPS) is 21.1. The molecule has 0 aromatic carbocycles. The Balaban J connectivity index is 1.35. The molecular weight excluding hydrogens is 480 g/mol. The van der Waals surface area contributed by atoms with Crippen molar-refractivity contribution in [3.8, 4) is 5.88 Å². The van der Waals surface area contributed by atoms with Gasteiger partial charge in [0.05, 0.1) is 35.7 Å². The molecule has 36 heavy (non-hydrogen) atoms. The molecule has 5 rings (SSSR count). The molecule has 4 heterocycles. The van der Waals surface area contributed by atoms with E-state index in [0.29, 0.717) is 45.0 Å². The molecule has 0 amide bonds. The highest BCUT2D eigenvalue weighted by molar-refractivity contribution is 5.91. The van der Waals surface area contributed by atoms with Crippen molar-refractivity contribution in [2.24, 2.45) is 0 Å². The minimum atomic E-state index is -4.80. The van der Waals surface area contributed by atoms with Crippen molar-refractivity contribution in [2.75, 3.05) is 43.1 Å². The average Bonchev–Trinajstić information content (AvgIpc) is 3.25. The highest BCUT2D eigenvalue weighted by atomic mass is 19.4. The van der Waals surface area contributed by atoms with Crippen LogP contribution in [0.3, 0.4) is 0 Å². The van der Waals surface area contributed by atoms with Gasteiger partial charge < -0.3 is 19.7 Å². The van der Waals surface area contributed by atoms with Gasteiger partial charge in [-0.05, 0) is 38.7 Å². The van der Waals surface area contributed by atoms with E-state index in [-0.39, 0.29) is 6.04 Å². The lowest BCUT2D eigenvalue weighted by Gasteiger charge is -2.30. The molecule has 2 aliphatic rings. The number of ether oxygens (including phenoxy) is 2. The third-order valence-corrected chi connectivity index (χ3v) is 6.67. The number of aromatic nitrogens is 4. The molecule has 0 unspecified atom stereocenters. The van der Waals surface area contributed by atoms with E-state index < -0.39 is 29.5 Å². The first-order valence-corrected chi connectivity index (χ1v) is 12.2. The summed E-state index contributed by atoms with van der Waals surface area (Å²) in [5, 5.41) is 9.19. The Morgan fingerprint density at radius 2 is 1.89 bits per heavy atom. The molecule has 2 fully saturated rings. The van der Waals surface area contributed by atoms with Crippen LogP contribution in [0, 0.1) is 5.82 Å². The van der Waals surface area contributed by atoms with E-state index in [9.17, 15) is 17.6 Å². The summed E-state index contributed by atoms with van der Waals surface area (Å²) in [4.78, 5) is 10.4. The zero-order chi connectivity index (χ0) is 25.3. The van der Waals surface area contributed by atoms with Gasteiger partial charge in [0.1, 0.15) is 11.9 Å². The monoisotopic (exact) mass is 508 g/mol. The number of halogens is 4. The van der Waals surface area contributed by atoms with Crippen molar-refractivity contribution < 1.29 is 27.0 Å². The Bertz CT molecular complexity index is 1200.